The van der Waals surface area contributed by atoms with Crippen molar-refractivity contribution >= 4 is 29.3 Å². The van der Waals surface area contributed by atoms with E-state index in [1.165, 1.54) is 28.4 Å². The van der Waals surface area contributed by atoms with Gasteiger partial charge in [0.25, 0.3) is 0 Å². The van der Waals surface area contributed by atoms with Gasteiger partial charge in [-0.1, -0.05) is 36.4 Å². The number of carbonyl (C=O) groups is 1. The van der Waals surface area contributed by atoms with E-state index in [-0.39, 0.29) is 17.7 Å². The topological polar surface area (TPSA) is 82.5 Å². The lowest BCUT2D eigenvalue weighted by Gasteiger charge is -2.39. The summed E-state index contributed by atoms with van der Waals surface area (Å²) in [6.45, 7) is 1.93. The quantitative estimate of drug-likeness (QED) is 0.574. The summed E-state index contributed by atoms with van der Waals surface area (Å²) in [5, 5.41) is 11.2. The Hall–Kier alpha value is -3.76. The van der Waals surface area contributed by atoms with Crippen molar-refractivity contribution in [3.8, 4) is 17.2 Å². The second-order valence-corrected chi connectivity index (χ2v) is 9.06. The summed E-state index contributed by atoms with van der Waals surface area (Å²) in [5.41, 5.74) is 8.61. The lowest BCUT2D eigenvalue weighted by atomic mass is 9.79. The minimum absolute atomic E-state index is 0.102. The molecule has 1 aliphatic rings. The largest absolute Gasteiger partial charge is 0.369 e. The Morgan fingerprint density at radius 1 is 1.24 bits per heavy atom. The van der Waals surface area contributed by atoms with Crippen molar-refractivity contribution < 1.29 is 9.18 Å². The predicted octanol–water partition coefficient (Wildman–Crippen LogP) is 5.15. The van der Waals surface area contributed by atoms with Gasteiger partial charge in [0.15, 0.2) is 5.96 Å². The van der Waals surface area contributed by atoms with Gasteiger partial charge in [-0.25, -0.2) is 9.38 Å². The van der Waals surface area contributed by atoms with Gasteiger partial charge in [0.05, 0.1) is 17.6 Å². The third-order valence-electron chi connectivity index (χ3n) is 5.97. The van der Waals surface area contributed by atoms with Crippen molar-refractivity contribution in [1.82, 2.24) is 4.90 Å². The summed E-state index contributed by atoms with van der Waals surface area (Å²) in [7, 11) is 1.63. The van der Waals surface area contributed by atoms with E-state index in [2.05, 4.69) is 6.07 Å². The highest BCUT2D eigenvalue weighted by molar-refractivity contribution is 7.10. The summed E-state index contributed by atoms with van der Waals surface area (Å²) in [5.74, 6) is -0.663. The Bertz CT molecular complexity index is 1290. The number of halogens is 1. The Balaban J connectivity index is 1.67. The van der Waals surface area contributed by atoms with Crippen LogP contribution in [0.4, 0.5) is 4.39 Å². The zero-order valence-corrected chi connectivity index (χ0v) is 19.1. The van der Waals surface area contributed by atoms with Crippen LogP contribution in [0.5, 0.6) is 0 Å². The molecule has 0 saturated heterocycles. The fourth-order valence-corrected chi connectivity index (χ4v) is 5.05. The van der Waals surface area contributed by atoms with Crippen LogP contribution in [0.25, 0.3) is 17.2 Å². The number of nitrogens with two attached hydrogens (primary N) is 1. The molecule has 2 heterocycles. The van der Waals surface area contributed by atoms with E-state index < -0.39 is 11.5 Å². The molecule has 5 nitrogen and oxygen atoms in total. The molecule has 3 aromatic rings. The van der Waals surface area contributed by atoms with Gasteiger partial charge in [0.2, 0.25) is 5.91 Å². The van der Waals surface area contributed by atoms with Crippen molar-refractivity contribution in [2.45, 2.75) is 18.9 Å². The van der Waals surface area contributed by atoms with Gasteiger partial charge >= 0.3 is 0 Å². The first kappa shape index (κ1) is 22.4. The van der Waals surface area contributed by atoms with E-state index in [9.17, 15) is 14.4 Å². The molecule has 7 heteroatoms. The van der Waals surface area contributed by atoms with E-state index in [1.54, 1.807) is 25.2 Å². The van der Waals surface area contributed by atoms with Crippen LogP contribution in [0.15, 0.2) is 71.0 Å². The number of hydrogen-bond acceptors (Lipinski definition) is 5. The van der Waals surface area contributed by atoms with Gasteiger partial charge < -0.3 is 5.73 Å². The highest BCUT2D eigenvalue weighted by Crippen LogP contribution is 2.44. The Morgan fingerprint density at radius 3 is 2.73 bits per heavy atom. The van der Waals surface area contributed by atoms with Gasteiger partial charge in [0.1, 0.15) is 11.4 Å². The number of benzene rings is 2. The van der Waals surface area contributed by atoms with Crippen LogP contribution >= 0.6 is 11.3 Å². The molecule has 2 atom stereocenters. The molecule has 0 spiro atoms. The third-order valence-corrected chi connectivity index (χ3v) is 7.13. The Morgan fingerprint density at radius 2 is 2.00 bits per heavy atom. The van der Waals surface area contributed by atoms with Crippen LogP contribution in [0.3, 0.4) is 0 Å². The van der Waals surface area contributed by atoms with E-state index >= 15 is 0 Å². The molecule has 1 amide bonds. The van der Waals surface area contributed by atoms with E-state index in [1.807, 2.05) is 48.7 Å². The van der Waals surface area contributed by atoms with Crippen LogP contribution < -0.4 is 5.73 Å². The highest BCUT2D eigenvalue weighted by Gasteiger charge is 2.46. The number of allylic oxidation sites excluding steroid dienone is 1. The molecule has 166 valence electrons. The summed E-state index contributed by atoms with van der Waals surface area (Å²) in [6, 6.07) is 17.8. The molecule has 0 bridgehead atoms. The highest BCUT2D eigenvalue weighted by atomic mass is 32.1. The number of amides is 1. The molecule has 0 aliphatic carbocycles. The number of nitrogens with zero attached hydrogens (tertiary/aromatic N) is 3. The maximum atomic E-state index is 13.2. The molecule has 33 heavy (non-hydrogen) atoms. The first-order valence-electron chi connectivity index (χ1n) is 10.5. The van der Waals surface area contributed by atoms with Crippen LogP contribution in [0.2, 0.25) is 0 Å². The molecule has 2 aromatic carbocycles. The zero-order chi connectivity index (χ0) is 23.6. The molecular formula is C26H23FN4OS. The average Bonchev–Trinajstić information content (AvgIpc) is 3.32. The number of rotatable bonds is 5. The van der Waals surface area contributed by atoms with Crippen molar-refractivity contribution in [3.05, 3.63) is 87.9 Å². The maximum absolute atomic E-state index is 13.2. The molecule has 2 N–H and O–H groups in total. The first-order valence-corrected chi connectivity index (χ1v) is 11.3. The average molecular weight is 459 g/mol. The number of aliphatic imine (C=N–C) groups is 1. The van der Waals surface area contributed by atoms with Crippen molar-refractivity contribution in [3.63, 3.8) is 0 Å². The minimum Gasteiger partial charge on any atom is -0.369 e. The summed E-state index contributed by atoms with van der Waals surface area (Å²) < 4.78 is 13.2. The summed E-state index contributed by atoms with van der Waals surface area (Å²) in [4.78, 5) is 20.3. The molecule has 2 unspecified atom stereocenters. The zero-order valence-electron chi connectivity index (χ0n) is 18.3. The van der Waals surface area contributed by atoms with Gasteiger partial charge in [-0.3, -0.25) is 9.69 Å². The number of thiophene rings is 1. The summed E-state index contributed by atoms with van der Waals surface area (Å²) in [6.07, 6.45) is 4.25. The number of hydrogen-bond donors (Lipinski definition) is 1. The maximum Gasteiger partial charge on any atom is 0.235 e. The van der Waals surface area contributed by atoms with Crippen molar-refractivity contribution in [2.24, 2.45) is 16.6 Å². The van der Waals surface area contributed by atoms with Crippen molar-refractivity contribution in [1.29, 1.82) is 5.26 Å². The normalized spacial score (nSPS) is 20.7. The molecule has 0 radical (unpaired) electrons. The lowest BCUT2D eigenvalue weighted by Crippen LogP contribution is -2.53. The molecule has 4 rings (SSSR count). The molecular weight excluding hydrogens is 435 g/mol. The van der Waals surface area contributed by atoms with Crippen LogP contribution in [0, 0.1) is 23.1 Å². The molecule has 1 aliphatic heterocycles. The molecule has 0 saturated carbocycles. The van der Waals surface area contributed by atoms with Crippen molar-refractivity contribution in [2.75, 3.05) is 7.05 Å². The fourth-order valence-electron chi connectivity index (χ4n) is 3.97. The monoisotopic (exact) mass is 458 g/mol. The molecule has 0 fully saturated rings. The van der Waals surface area contributed by atoms with Gasteiger partial charge in [0, 0.05) is 11.9 Å². The van der Waals surface area contributed by atoms with Crippen LogP contribution in [-0.4, -0.2) is 23.8 Å². The third kappa shape index (κ3) is 4.43. The van der Waals surface area contributed by atoms with Crippen LogP contribution in [-0.2, 0) is 10.3 Å². The Kier molecular flexibility index (Phi) is 6.12. The fraction of sp³-hybridized carbons (Fsp3) is 0.192. The van der Waals surface area contributed by atoms with Gasteiger partial charge in [-0.05, 0) is 65.7 Å². The first-order chi connectivity index (χ1) is 15.8. The number of guanidine groups is 1. The van der Waals surface area contributed by atoms with E-state index in [0.717, 1.165) is 21.6 Å². The van der Waals surface area contributed by atoms with Gasteiger partial charge in [-0.15, -0.1) is 11.3 Å². The standard InChI is InChI=1S/C26H23FN4OS/c1-26(23-14-20(16-33-23)19-7-3-6-18(13-19)15-28)22(24(32)31(2)25(29)30-26)8-4-5-17-9-11-21(27)12-10-17/h3-7,9-14,16,22H,8H2,1-2H3,(H2,29,30). The molecule has 1 aromatic heterocycles. The predicted molar refractivity (Wildman–Crippen MR) is 130 cm³/mol. The van der Waals surface area contributed by atoms with E-state index in [4.69, 9.17) is 10.7 Å². The SMILES string of the molecule is CN1C(=O)C(CC=Cc2ccc(F)cc2)C(C)(c2cc(-c3cccc(C#N)c3)cs2)N=C1N. The minimum atomic E-state index is -0.837. The summed E-state index contributed by atoms with van der Waals surface area (Å²) >= 11 is 1.52. The van der Waals surface area contributed by atoms with E-state index in [0.29, 0.717) is 12.0 Å². The smallest absolute Gasteiger partial charge is 0.235 e. The lowest BCUT2D eigenvalue weighted by molar-refractivity contribution is -0.133. The van der Waals surface area contributed by atoms with Gasteiger partial charge in [-0.2, -0.15) is 5.26 Å². The number of nitriles is 1. The number of carbonyl (C=O) groups excluding carboxylic acids is 1. The second-order valence-electron chi connectivity index (χ2n) is 8.15. The van der Waals surface area contributed by atoms with Crippen LogP contribution in [0.1, 0.15) is 29.3 Å². The second kappa shape index (κ2) is 9.00. The Labute approximate surface area is 196 Å².